The quantitative estimate of drug-likeness (QED) is 0.548. The Balaban J connectivity index is 0.00000182. The van der Waals surface area contributed by atoms with Gasteiger partial charge in [-0.3, -0.25) is 0 Å². The highest BCUT2D eigenvalue weighted by Gasteiger charge is 2.19. The summed E-state index contributed by atoms with van der Waals surface area (Å²) >= 11 is 12.0. The molecule has 1 aliphatic heterocycles. The third kappa shape index (κ3) is 7.67. The lowest BCUT2D eigenvalue weighted by Gasteiger charge is -2.32. The third-order valence-electron chi connectivity index (χ3n) is 4.82. The molecule has 0 amide bonds. The van der Waals surface area contributed by atoms with E-state index in [9.17, 15) is 4.39 Å². The first kappa shape index (κ1) is 24.3. The number of nitrogens with zero attached hydrogens (tertiary/aromatic N) is 1. The van der Waals surface area contributed by atoms with Crippen LogP contribution in [0.25, 0.3) is 0 Å². The lowest BCUT2D eigenvalue weighted by molar-refractivity contribution is 0.190. The van der Waals surface area contributed by atoms with E-state index in [1.54, 1.807) is 12.1 Å². The van der Waals surface area contributed by atoms with E-state index in [1.807, 2.05) is 30.3 Å². The average molecular weight is 454 g/mol. The van der Waals surface area contributed by atoms with Crippen molar-refractivity contribution in [3.8, 4) is 0 Å². The van der Waals surface area contributed by atoms with E-state index >= 15 is 0 Å². The average Bonchev–Trinajstić information content (AvgIpc) is 2.61. The maximum atomic E-state index is 13.0. The van der Waals surface area contributed by atoms with Gasteiger partial charge in [0.1, 0.15) is 5.82 Å². The van der Waals surface area contributed by atoms with Gasteiger partial charge in [0, 0.05) is 18.8 Å². The first-order chi connectivity index (χ1) is 12.1. The zero-order chi connectivity index (χ0) is 17.6. The van der Waals surface area contributed by atoms with Crippen molar-refractivity contribution in [3.05, 3.63) is 63.9 Å². The highest BCUT2D eigenvalue weighted by Crippen LogP contribution is 2.25. The molecule has 0 aliphatic carbocycles. The molecule has 1 heterocycles. The Hall–Kier alpha value is -0.710. The molecule has 7 heteroatoms. The second-order valence-electron chi connectivity index (χ2n) is 6.67. The molecule has 1 saturated heterocycles. The zero-order valence-corrected chi connectivity index (χ0v) is 18.1. The van der Waals surface area contributed by atoms with Crippen molar-refractivity contribution in [1.82, 2.24) is 4.90 Å². The molecule has 2 aromatic rings. The maximum Gasteiger partial charge on any atom is 0.123 e. The van der Waals surface area contributed by atoms with Crippen LogP contribution < -0.4 is 5.32 Å². The summed E-state index contributed by atoms with van der Waals surface area (Å²) in [6.45, 7) is 4.15. The van der Waals surface area contributed by atoms with Gasteiger partial charge in [0.25, 0.3) is 0 Å². The zero-order valence-electron chi connectivity index (χ0n) is 15.0. The van der Waals surface area contributed by atoms with Crippen LogP contribution in [0.15, 0.2) is 42.5 Å². The van der Waals surface area contributed by atoms with Crippen molar-refractivity contribution in [2.24, 2.45) is 5.92 Å². The van der Waals surface area contributed by atoms with E-state index in [0.717, 1.165) is 38.3 Å². The van der Waals surface area contributed by atoms with Crippen LogP contribution >= 0.6 is 48.0 Å². The fourth-order valence-electron chi connectivity index (χ4n) is 3.33. The number of nitrogens with one attached hydrogen (secondary N) is 1. The number of rotatable bonds is 6. The molecule has 1 aliphatic rings. The summed E-state index contributed by atoms with van der Waals surface area (Å²) in [7, 11) is 0. The summed E-state index contributed by atoms with van der Waals surface area (Å²) in [5.41, 5.74) is 2.24. The molecule has 1 N–H and O–H groups in total. The fourth-order valence-corrected chi connectivity index (χ4v) is 3.63. The summed E-state index contributed by atoms with van der Waals surface area (Å²) in [4.78, 5) is 2.49. The summed E-state index contributed by atoms with van der Waals surface area (Å²) in [6.07, 6.45) is 3.45. The Morgan fingerprint density at radius 3 is 2.26 bits per heavy atom. The molecule has 2 nitrogen and oxygen atoms in total. The number of piperidine rings is 1. The van der Waals surface area contributed by atoms with Gasteiger partial charge in [-0.25, -0.2) is 4.39 Å². The van der Waals surface area contributed by atoms with Gasteiger partial charge in [0.15, 0.2) is 0 Å². The van der Waals surface area contributed by atoms with Crippen molar-refractivity contribution in [2.45, 2.75) is 19.3 Å². The molecule has 3 rings (SSSR count). The van der Waals surface area contributed by atoms with Gasteiger partial charge in [0.2, 0.25) is 0 Å². The first-order valence-corrected chi connectivity index (χ1v) is 9.51. The summed E-state index contributed by atoms with van der Waals surface area (Å²) in [6, 6.07) is 12.5. The van der Waals surface area contributed by atoms with Gasteiger partial charge >= 0.3 is 0 Å². The van der Waals surface area contributed by atoms with Crippen molar-refractivity contribution in [2.75, 3.05) is 31.5 Å². The van der Waals surface area contributed by atoms with E-state index in [1.165, 1.54) is 18.4 Å². The normalized spacial score (nSPS) is 14.9. The number of benzene rings is 2. The standard InChI is InChI=1S/C20H23Cl2FN2.2ClH/c21-19-6-5-18(14-20(19)22)24-9-12-25-10-7-16(8-11-25)13-15-1-3-17(23)4-2-15;;/h1-6,14,16,24H,7-13H2;2*1H. The molecule has 0 bridgehead atoms. The second kappa shape index (κ2) is 12.0. The van der Waals surface area contributed by atoms with Crippen LogP contribution in [0.4, 0.5) is 10.1 Å². The molecule has 150 valence electrons. The largest absolute Gasteiger partial charge is 0.384 e. The second-order valence-corrected chi connectivity index (χ2v) is 7.49. The van der Waals surface area contributed by atoms with Crippen molar-refractivity contribution in [1.29, 1.82) is 0 Å². The highest BCUT2D eigenvalue weighted by molar-refractivity contribution is 6.42. The highest BCUT2D eigenvalue weighted by atomic mass is 35.5. The van der Waals surface area contributed by atoms with Gasteiger partial charge in [0.05, 0.1) is 10.0 Å². The smallest absolute Gasteiger partial charge is 0.123 e. The molecule has 0 aromatic heterocycles. The van der Waals surface area contributed by atoms with Gasteiger partial charge in [-0.2, -0.15) is 0 Å². The summed E-state index contributed by atoms with van der Waals surface area (Å²) in [5, 5.41) is 4.55. The molecule has 27 heavy (non-hydrogen) atoms. The van der Waals surface area contributed by atoms with Gasteiger partial charge < -0.3 is 10.2 Å². The van der Waals surface area contributed by atoms with Gasteiger partial charge in [-0.15, -0.1) is 24.8 Å². The van der Waals surface area contributed by atoms with E-state index in [-0.39, 0.29) is 30.6 Å². The Labute approximate surface area is 183 Å². The minimum Gasteiger partial charge on any atom is -0.384 e. The Morgan fingerprint density at radius 2 is 1.63 bits per heavy atom. The predicted molar refractivity (Wildman–Crippen MR) is 119 cm³/mol. The van der Waals surface area contributed by atoms with Crippen LogP contribution in [0.2, 0.25) is 10.0 Å². The molecule has 0 atom stereocenters. The molecular weight excluding hydrogens is 429 g/mol. The Kier molecular flexibility index (Phi) is 10.8. The Bertz CT molecular complexity index is 689. The minimum absolute atomic E-state index is 0. The number of likely N-dealkylation sites (tertiary alicyclic amines) is 1. The maximum absolute atomic E-state index is 13.0. The van der Waals surface area contributed by atoms with Crippen LogP contribution in [0, 0.1) is 11.7 Å². The molecule has 0 radical (unpaired) electrons. The molecule has 0 unspecified atom stereocenters. The van der Waals surface area contributed by atoms with Crippen molar-refractivity contribution >= 4 is 53.7 Å². The monoisotopic (exact) mass is 452 g/mol. The van der Waals surface area contributed by atoms with Crippen LogP contribution in [0.5, 0.6) is 0 Å². The SMILES string of the molecule is Cl.Cl.Fc1ccc(CC2CCN(CCNc3ccc(Cl)c(Cl)c3)CC2)cc1. The number of hydrogen-bond donors (Lipinski definition) is 1. The molecule has 0 saturated carbocycles. The topological polar surface area (TPSA) is 15.3 Å². The predicted octanol–water partition coefficient (Wildman–Crippen LogP) is 6.34. The fraction of sp³-hybridized carbons (Fsp3) is 0.400. The van der Waals surface area contributed by atoms with Crippen molar-refractivity contribution < 1.29 is 4.39 Å². The van der Waals surface area contributed by atoms with E-state index in [2.05, 4.69) is 10.2 Å². The summed E-state index contributed by atoms with van der Waals surface area (Å²) in [5.74, 6) is 0.540. The van der Waals surface area contributed by atoms with Crippen LogP contribution in [-0.4, -0.2) is 31.1 Å². The van der Waals surface area contributed by atoms with Crippen molar-refractivity contribution in [3.63, 3.8) is 0 Å². The molecule has 0 spiro atoms. The number of halogens is 5. The number of hydrogen-bond acceptors (Lipinski definition) is 2. The van der Waals surface area contributed by atoms with Gasteiger partial charge in [-0.05, 0) is 74.2 Å². The van der Waals surface area contributed by atoms with E-state index < -0.39 is 0 Å². The van der Waals surface area contributed by atoms with E-state index in [0.29, 0.717) is 16.0 Å². The lowest BCUT2D eigenvalue weighted by Crippen LogP contribution is -2.37. The van der Waals surface area contributed by atoms with Gasteiger partial charge in [-0.1, -0.05) is 35.3 Å². The molecule has 2 aromatic carbocycles. The van der Waals surface area contributed by atoms with Crippen LogP contribution in [-0.2, 0) is 6.42 Å². The molecular formula is C20H25Cl4FN2. The summed E-state index contributed by atoms with van der Waals surface area (Å²) < 4.78 is 13.0. The Morgan fingerprint density at radius 1 is 0.963 bits per heavy atom. The third-order valence-corrected chi connectivity index (χ3v) is 5.56. The van der Waals surface area contributed by atoms with E-state index in [4.69, 9.17) is 23.2 Å². The van der Waals surface area contributed by atoms with Crippen LogP contribution in [0.1, 0.15) is 18.4 Å². The lowest BCUT2D eigenvalue weighted by atomic mass is 9.90. The van der Waals surface area contributed by atoms with Crippen LogP contribution in [0.3, 0.4) is 0 Å². The molecule has 1 fully saturated rings. The first-order valence-electron chi connectivity index (χ1n) is 8.76. The minimum atomic E-state index is -0.159. The number of anilines is 1.